The number of hydrogen-bond acceptors (Lipinski definition) is 4. The predicted molar refractivity (Wildman–Crippen MR) is 48.5 cm³/mol. The van der Waals surface area contributed by atoms with E-state index in [2.05, 4.69) is 0 Å². The fourth-order valence-electron chi connectivity index (χ4n) is 1.44. The Kier molecular flexibility index (Phi) is 3.76. The molecule has 5 heteroatoms. The van der Waals surface area contributed by atoms with Crippen molar-refractivity contribution in [1.29, 1.82) is 5.41 Å². The number of carboxylic acid groups (broad SMARTS) is 1. The third-order valence-corrected chi connectivity index (χ3v) is 2.30. The Hall–Kier alpha value is -1.23. The van der Waals surface area contributed by atoms with Crippen molar-refractivity contribution < 1.29 is 19.4 Å². The molecule has 0 saturated carbocycles. The van der Waals surface area contributed by atoms with E-state index < -0.39 is 11.8 Å². The molecule has 0 aromatic rings. The highest BCUT2D eigenvalue weighted by molar-refractivity contribution is 6.36. The summed E-state index contributed by atoms with van der Waals surface area (Å²) in [5.74, 6) is -2.34. The molecule has 0 aromatic carbocycles. The number of nitrogens with one attached hydrogen (secondary N) is 1. The van der Waals surface area contributed by atoms with Gasteiger partial charge in [-0.1, -0.05) is 0 Å². The number of Topliss-reactive ketones (excluding diaryl/α,β-unsaturated/α-hetero) is 1. The summed E-state index contributed by atoms with van der Waals surface area (Å²) >= 11 is 0. The number of hydrogen-bond donors (Lipinski definition) is 2. The monoisotopic (exact) mass is 199 g/mol. The molecular weight excluding hydrogens is 186 g/mol. The zero-order chi connectivity index (χ0) is 10.6. The Balaban J connectivity index is 2.40. The van der Waals surface area contributed by atoms with Gasteiger partial charge in [0.1, 0.15) is 0 Å². The van der Waals surface area contributed by atoms with Crippen molar-refractivity contribution in [2.45, 2.75) is 19.3 Å². The molecule has 0 atom stereocenters. The topological polar surface area (TPSA) is 87.5 Å². The van der Waals surface area contributed by atoms with E-state index in [1.54, 1.807) is 0 Å². The second-order valence-electron chi connectivity index (χ2n) is 3.32. The van der Waals surface area contributed by atoms with Gasteiger partial charge in [0.15, 0.2) is 0 Å². The van der Waals surface area contributed by atoms with E-state index in [0.717, 1.165) is 0 Å². The van der Waals surface area contributed by atoms with Crippen molar-refractivity contribution in [2.24, 2.45) is 5.92 Å². The van der Waals surface area contributed by atoms with Crippen LogP contribution in [0, 0.1) is 11.3 Å². The number of ether oxygens (including phenoxy) is 1. The molecule has 14 heavy (non-hydrogen) atoms. The molecule has 1 saturated heterocycles. The minimum absolute atomic E-state index is 0.0204. The molecule has 2 N–H and O–H groups in total. The van der Waals surface area contributed by atoms with Crippen molar-refractivity contribution >= 4 is 17.5 Å². The Bertz CT molecular complexity index is 256. The summed E-state index contributed by atoms with van der Waals surface area (Å²) in [4.78, 5) is 21.1. The van der Waals surface area contributed by atoms with Crippen LogP contribution in [0.5, 0.6) is 0 Å². The standard InChI is InChI=1S/C9H13NO4/c10-7(5-8(11)9(12)13)6-1-3-14-4-2-6/h6,10H,1-5H2,(H,12,13). The first kappa shape index (κ1) is 10.8. The molecular formula is C9H13NO4. The fraction of sp³-hybridized carbons (Fsp3) is 0.667. The molecule has 0 aromatic heterocycles. The normalized spacial score (nSPS) is 17.7. The van der Waals surface area contributed by atoms with Crippen LogP contribution in [0.2, 0.25) is 0 Å². The highest BCUT2D eigenvalue weighted by Crippen LogP contribution is 2.17. The maximum absolute atomic E-state index is 10.8. The number of aliphatic carboxylic acids is 1. The maximum Gasteiger partial charge on any atom is 0.372 e. The number of carbonyl (C=O) groups is 2. The molecule has 78 valence electrons. The lowest BCUT2D eigenvalue weighted by Crippen LogP contribution is -2.26. The quantitative estimate of drug-likeness (QED) is 0.509. The summed E-state index contributed by atoms with van der Waals surface area (Å²) in [6.07, 6.45) is 1.16. The Morgan fingerprint density at radius 1 is 1.36 bits per heavy atom. The van der Waals surface area contributed by atoms with E-state index in [1.807, 2.05) is 0 Å². The van der Waals surface area contributed by atoms with Crippen molar-refractivity contribution in [1.82, 2.24) is 0 Å². The summed E-state index contributed by atoms with van der Waals surface area (Å²) in [6.45, 7) is 1.18. The van der Waals surface area contributed by atoms with Gasteiger partial charge in [-0.25, -0.2) is 4.79 Å². The zero-order valence-electron chi connectivity index (χ0n) is 7.78. The highest BCUT2D eigenvalue weighted by Gasteiger charge is 2.22. The number of rotatable bonds is 4. The van der Waals surface area contributed by atoms with Gasteiger partial charge in [-0.05, 0) is 12.8 Å². The average Bonchev–Trinajstić information content (AvgIpc) is 2.19. The number of carboxylic acids is 1. The molecule has 1 heterocycles. The molecule has 0 spiro atoms. The van der Waals surface area contributed by atoms with Gasteiger partial charge in [0.05, 0.1) is 6.42 Å². The van der Waals surface area contributed by atoms with Crippen LogP contribution in [0.25, 0.3) is 0 Å². The largest absolute Gasteiger partial charge is 0.475 e. The predicted octanol–water partition coefficient (Wildman–Crippen LogP) is 0.477. The molecule has 1 rings (SSSR count). The van der Waals surface area contributed by atoms with Crippen LogP contribution in [0.4, 0.5) is 0 Å². The van der Waals surface area contributed by atoms with Crippen LogP contribution >= 0.6 is 0 Å². The summed E-state index contributed by atoms with van der Waals surface area (Å²) in [7, 11) is 0. The molecule has 1 aliphatic rings. The van der Waals surface area contributed by atoms with Gasteiger partial charge in [0.2, 0.25) is 5.78 Å². The second kappa shape index (κ2) is 4.85. The van der Waals surface area contributed by atoms with E-state index in [4.69, 9.17) is 15.3 Å². The minimum Gasteiger partial charge on any atom is -0.475 e. The van der Waals surface area contributed by atoms with Gasteiger partial charge in [0.25, 0.3) is 0 Å². The van der Waals surface area contributed by atoms with Crippen molar-refractivity contribution in [3.63, 3.8) is 0 Å². The van der Waals surface area contributed by atoms with Gasteiger partial charge < -0.3 is 15.3 Å². The van der Waals surface area contributed by atoms with Crippen LogP contribution in [-0.2, 0) is 14.3 Å². The molecule has 0 radical (unpaired) electrons. The van der Waals surface area contributed by atoms with Gasteiger partial charge in [0, 0.05) is 24.8 Å². The summed E-state index contributed by atoms with van der Waals surface area (Å²) < 4.78 is 5.10. The SMILES string of the molecule is N=C(CC(=O)C(=O)O)C1CCOCC1. The van der Waals surface area contributed by atoms with Crippen LogP contribution in [-0.4, -0.2) is 35.8 Å². The maximum atomic E-state index is 10.8. The summed E-state index contributed by atoms with van der Waals surface area (Å²) in [6, 6.07) is 0. The van der Waals surface area contributed by atoms with Gasteiger partial charge in [-0.15, -0.1) is 0 Å². The van der Waals surface area contributed by atoms with Gasteiger partial charge in [-0.3, -0.25) is 4.79 Å². The van der Waals surface area contributed by atoms with Gasteiger partial charge >= 0.3 is 5.97 Å². The molecule has 0 bridgehead atoms. The van der Waals surface area contributed by atoms with Crippen molar-refractivity contribution in [3.05, 3.63) is 0 Å². The Morgan fingerprint density at radius 2 is 1.93 bits per heavy atom. The third-order valence-electron chi connectivity index (χ3n) is 2.30. The fourth-order valence-corrected chi connectivity index (χ4v) is 1.44. The molecule has 0 aliphatic carbocycles. The Labute approximate surface area is 81.6 Å². The lowest BCUT2D eigenvalue weighted by atomic mass is 9.92. The van der Waals surface area contributed by atoms with E-state index in [-0.39, 0.29) is 18.1 Å². The Morgan fingerprint density at radius 3 is 2.43 bits per heavy atom. The first-order valence-electron chi connectivity index (χ1n) is 4.52. The first-order valence-corrected chi connectivity index (χ1v) is 4.52. The molecule has 0 unspecified atom stereocenters. The zero-order valence-corrected chi connectivity index (χ0v) is 7.78. The second-order valence-corrected chi connectivity index (χ2v) is 3.32. The average molecular weight is 199 g/mol. The van der Waals surface area contributed by atoms with Crippen LogP contribution < -0.4 is 0 Å². The van der Waals surface area contributed by atoms with Crippen molar-refractivity contribution in [3.8, 4) is 0 Å². The van der Waals surface area contributed by atoms with Crippen LogP contribution in [0.15, 0.2) is 0 Å². The van der Waals surface area contributed by atoms with Crippen LogP contribution in [0.1, 0.15) is 19.3 Å². The molecule has 5 nitrogen and oxygen atoms in total. The summed E-state index contributed by atoms with van der Waals surface area (Å²) in [5, 5.41) is 15.9. The van der Waals surface area contributed by atoms with E-state index in [1.165, 1.54) is 0 Å². The van der Waals surface area contributed by atoms with Gasteiger partial charge in [-0.2, -0.15) is 0 Å². The molecule has 1 aliphatic heterocycles. The van der Waals surface area contributed by atoms with E-state index >= 15 is 0 Å². The van der Waals surface area contributed by atoms with E-state index in [9.17, 15) is 9.59 Å². The third kappa shape index (κ3) is 2.92. The lowest BCUT2D eigenvalue weighted by molar-refractivity contribution is -0.148. The number of carbonyl (C=O) groups excluding carboxylic acids is 1. The van der Waals surface area contributed by atoms with E-state index in [0.29, 0.717) is 26.1 Å². The number of ketones is 1. The van der Waals surface area contributed by atoms with Crippen molar-refractivity contribution in [2.75, 3.05) is 13.2 Å². The van der Waals surface area contributed by atoms with Crippen LogP contribution in [0.3, 0.4) is 0 Å². The molecule has 1 fully saturated rings. The minimum atomic E-state index is -1.46. The molecule has 0 amide bonds. The highest BCUT2D eigenvalue weighted by atomic mass is 16.5. The smallest absolute Gasteiger partial charge is 0.372 e. The lowest BCUT2D eigenvalue weighted by Gasteiger charge is -2.22. The summed E-state index contributed by atoms with van der Waals surface area (Å²) in [5.41, 5.74) is 0.223. The first-order chi connectivity index (χ1) is 6.61.